The zero-order valence-corrected chi connectivity index (χ0v) is 12.1. The van der Waals surface area contributed by atoms with E-state index in [1.54, 1.807) is 13.4 Å². The average molecular weight is 303 g/mol. The second kappa shape index (κ2) is 5.06. The number of hydrogen-bond donors (Lipinski definition) is 2. The molecule has 3 rings (SSSR count). The number of amides is 1. The highest BCUT2D eigenvalue weighted by Crippen LogP contribution is 2.39. The maximum Gasteiger partial charge on any atom is 0.256 e. The summed E-state index contributed by atoms with van der Waals surface area (Å²) in [6, 6.07) is 2.04. The van der Waals surface area contributed by atoms with Crippen LogP contribution in [0.2, 0.25) is 0 Å². The maximum absolute atomic E-state index is 12.1. The topological polar surface area (TPSA) is 113 Å². The standard InChI is InChI=1S/C12H13N7OS/c1-15-11(20)9-10(14)7(4-13)21-12(9)18-2-3-19-6-16-17-8(19)5-18/h6H,2-3,5,14H2,1H3,(H,15,20). The van der Waals surface area contributed by atoms with Crippen molar-refractivity contribution in [2.24, 2.45) is 0 Å². The quantitative estimate of drug-likeness (QED) is 0.818. The van der Waals surface area contributed by atoms with Crippen LogP contribution in [0.25, 0.3) is 0 Å². The number of carbonyl (C=O) groups is 1. The molecule has 1 aliphatic heterocycles. The molecule has 2 aromatic heterocycles. The van der Waals surface area contributed by atoms with E-state index in [1.807, 2.05) is 15.5 Å². The lowest BCUT2D eigenvalue weighted by Gasteiger charge is -2.28. The van der Waals surface area contributed by atoms with Crippen LogP contribution in [0.15, 0.2) is 6.33 Å². The third-order valence-electron chi connectivity index (χ3n) is 3.41. The van der Waals surface area contributed by atoms with Crippen molar-refractivity contribution in [3.8, 4) is 6.07 Å². The zero-order valence-electron chi connectivity index (χ0n) is 11.3. The summed E-state index contributed by atoms with van der Waals surface area (Å²) < 4.78 is 1.97. The van der Waals surface area contributed by atoms with Gasteiger partial charge in [-0.3, -0.25) is 4.79 Å². The Bertz CT molecular complexity index is 741. The molecule has 0 aromatic carbocycles. The maximum atomic E-state index is 12.1. The number of nitrogens with one attached hydrogen (secondary N) is 1. The van der Waals surface area contributed by atoms with Gasteiger partial charge >= 0.3 is 0 Å². The Morgan fingerprint density at radius 3 is 3.10 bits per heavy atom. The monoisotopic (exact) mass is 303 g/mol. The summed E-state index contributed by atoms with van der Waals surface area (Å²) in [5, 5.41) is 20.3. The Balaban J connectivity index is 2.03. The van der Waals surface area contributed by atoms with Crippen molar-refractivity contribution in [1.29, 1.82) is 5.26 Å². The minimum atomic E-state index is -0.285. The van der Waals surface area contributed by atoms with E-state index in [-0.39, 0.29) is 11.6 Å². The first-order chi connectivity index (χ1) is 10.2. The van der Waals surface area contributed by atoms with Crippen molar-refractivity contribution >= 4 is 27.9 Å². The molecule has 0 saturated heterocycles. The number of anilines is 2. The fraction of sp³-hybridized carbons (Fsp3) is 0.333. The number of thiophene rings is 1. The van der Waals surface area contributed by atoms with E-state index in [1.165, 1.54) is 11.3 Å². The number of fused-ring (bicyclic) bond motifs is 1. The van der Waals surface area contributed by atoms with Gasteiger partial charge in [-0.25, -0.2) is 0 Å². The molecular weight excluding hydrogens is 290 g/mol. The van der Waals surface area contributed by atoms with Gasteiger partial charge in [-0.15, -0.1) is 21.5 Å². The first-order valence-electron chi connectivity index (χ1n) is 6.31. The number of nitrogens with two attached hydrogens (primary N) is 1. The molecule has 0 saturated carbocycles. The van der Waals surface area contributed by atoms with Crippen LogP contribution in [0, 0.1) is 11.3 Å². The molecular formula is C12H13N7OS. The largest absolute Gasteiger partial charge is 0.396 e. The summed E-state index contributed by atoms with van der Waals surface area (Å²) >= 11 is 1.24. The van der Waals surface area contributed by atoms with Crippen LogP contribution in [0.4, 0.5) is 10.7 Å². The lowest BCUT2D eigenvalue weighted by Crippen LogP contribution is -2.34. The van der Waals surface area contributed by atoms with Crippen molar-refractivity contribution in [3.63, 3.8) is 0 Å². The number of rotatable bonds is 2. The number of hydrogen-bond acceptors (Lipinski definition) is 7. The molecule has 1 aliphatic rings. The molecule has 0 spiro atoms. The van der Waals surface area contributed by atoms with E-state index in [2.05, 4.69) is 15.5 Å². The van der Waals surface area contributed by atoms with Crippen LogP contribution in [-0.2, 0) is 13.1 Å². The Labute approximate surface area is 124 Å². The van der Waals surface area contributed by atoms with Gasteiger partial charge in [-0.05, 0) is 0 Å². The van der Waals surface area contributed by atoms with Crippen molar-refractivity contribution in [1.82, 2.24) is 20.1 Å². The molecule has 108 valence electrons. The van der Waals surface area contributed by atoms with Crippen LogP contribution in [0.1, 0.15) is 21.1 Å². The van der Waals surface area contributed by atoms with E-state index in [4.69, 9.17) is 11.0 Å². The highest BCUT2D eigenvalue weighted by molar-refractivity contribution is 7.17. The van der Waals surface area contributed by atoms with Crippen molar-refractivity contribution in [2.75, 3.05) is 24.2 Å². The number of carbonyl (C=O) groups excluding carboxylic acids is 1. The lowest BCUT2D eigenvalue weighted by atomic mass is 10.2. The first kappa shape index (κ1) is 13.4. The van der Waals surface area contributed by atoms with Crippen molar-refractivity contribution in [3.05, 3.63) is 22.6 Å². The number of nitriles is 1. The number of nitrogen functional groups attached to an aromatic ring is 1. The van der Waals surface area contributed by atoms with Gasteiger partial charge in [0.15, 0.2) is 5.82 Å². The van der Waals surface area contributed by atoms with Gasteiger partial charge in [0.2, 0.25) is 0 Å². The number of nitrogens with zero attached hydrogens (tertiary/aromatic N) is 5. The van der Waals surface area contributed by atoms with Crippen molar-refractivity contribution < 1.29 is 4.79 Å². The third kappa shape index (κ3) is 2.09. The predicted molar refractivity (Wildman–Crippen MR) is 77.9 cm³/mol. The Morgan fingerprint density at radius 1 is 1.57 bits per heavy atom. The summed E-state index contributed by atoms with van der Waals surface area (Å²) in [6.45, 7) is 1.98. The van der Waals surface area contributed by atoms with E-state index < -0.39 is 0 Å². The molecule has 0 unspecified atom stereocenters. The van der Waals surface area contributed by atoms with E-state index in [0.29, 0.717) is 28.5 Å². The molecule has 3 N–H and O–H groups in total. The van der Waals surface area contributed by atoms with Gasteiger partial charge in [0.25, 0.3) is 5.91 Å². The second-order valence-corrected chi connectivity index (χ2v) is 5.58. The number of aromatic nitrogens is 3. The molecule has 21 heavy (non-hydrogen) atoms. The lowest BCUT2D eigenvalue weighted by molar-refractivity contribution is 0.0964. The van der Waals surface area contributed by atoms with Crippen LogP contribution in [0.5, 0.6) is 0 Å². The van der Waals surface area contributed by atoms with Crippen LogP contribution < -0.4 is 16.0 Å². The molecule has 8 nitrogen and oxygen atoms in total. The summed E-state index contributed by atoms with van der Waals surface area (Å²) in [4.78, 5) is 14.4. The van der Waals surface area contributed by atoms with Gasteiger partial charge in [0.05, 0.1) is 17.8 Å². The Kier molecular flexibility index (Phi) is 3.23. The Hall–Kier alpha value is -2.60. The fourth-order valence-corrected chi connectivity index (χ4v) is 3.36. The van der Waals surface area contributed by atoms with Crippen LogP contribution >= 0.6 is 11.3 Å². The fourth-order valence-electron chi connectivity index (χ4n) is 2.32. The highest BCUT2D eigenvalue weighted by Gasteiger charge is 2.27. The zero-order chi connectivity index (χ0) is 15.0. The minimum absolute atomic E-state index is 0.240. The van der Waals surface area contributed by atoms with Crippen molar-refractivity contribution in [2.45, 2.75) is 13.1 Å². The summed E-state index contributed by atoms with van der Waals surface area (Å²) in [6.07, 6.45) is 1.69. The van der Waals surface area contributed by atoms with Gasteiger partial charge < -0.3 is 20.5 Å². The smallest absolute Gasteiger partial charge is 0.256 e. The molecule has 3 heterocycles. The minimum Gasteiger partial charge on any atom is -0.396 e. The van der Waals surface area contributed by atoms with Crippen LogP contribution in [0.3, 0.4) is 0 Å². The van der Waals surface area contributed by atoms with E-state index in [0.717, 1.165) is 12.4 Å². The normalized spacial score (nSPS) is 13.6. The summed E-state index contributed by atoms with van der Waals surface area (Å²) in [5.74, 6) is 0.543. The molecule has 9 heteroatoms. The third-order valence-corrected chi connectivity index (χ3v) is 4.58. The van der Waals surface area contributed by atoms with Crippen LogP contribution in [-0.4, -0.2) is 34.3 Å². The molecule has 1 amide bonds. The Morgan fingerprint density at radius 2 is 2.38 bits per heavy atom. The first-order valence-corrected chi connectivity index (χ1v) is 7.13. The highest BCUT2D eigenvalue weighted by atomic mass is 32.1. The van der Waals surface area contributed by atoms with E-state index >= 15 is 0 Å². The molecule has 0 bridgehead atoms. The SMILES string of the molecule is CNC(=O)c1c(N2CCn3cnnc3C2)sc(C#N)c1N. The van der Waals surface area contributed by atoms with Gasteiger partial charge in [0, 0.05) is 20.1 Å². The molecule has 0 fully saturated rings. The molecule has 0 radical (unpaired) electrons. The molecule has 0 atom stereocenters. The van der Waals surface area contributed by atoms with Gasteiger partial charge in [-0.2, -0.15) is 5.26 Å². The van der Waals surface area contributed by atoms with Gasteiger partial charge in [0.1, 0.15) is 22.3 Å². The second-order valence-electron chi connectivity index (χ2n) is 4.58. The van der Waals surface area contributed by atoms with E-state index in [9.17, 15) is 4.79 Å². The summed E-state index contributed by atoms with van der Waals surface area (Å²) in [5.41, 5.74) is 6.55. The summed E-state index contributed by atoms with van der Waals surface area (Å²) in [7, 11) is 1.54. The molecule has 2 aromatic rings. The average Bonchev–Trinajstić information content (AvgIpc) is 3.09. The predicted octanol–water partition coefficient (Wildman–Crippen LogP) is 0.173. The van der Waals surface area contributed by atoms with Gasteiger partial charge in [-0.1, -0.05) is 0 Å². The molecule has 0 aliphatic carbocycles.